The maximum Gasteiger partial charge on any atom is 0.304 e. The van der Waals surface area contributed by atoms with E-state index >= 15 is 0 Å². The van der Waals surface area contributed by atoms with Gasteiger partial charge < -0.3 is 5.11 Å². The molecule has 62 valence electrons. The first-order valence-electron chi connectivity index (χ1n) is 3.44. The van der Waals surface area contributed by atoms with Crippen molar-refractivity contribution in [2.24, 2.45) is 0 Å². The Kier molecular flexibility index (Phi) is 11.0. The predicted molar refractivity (Wildman–Crippen MR) is 46.7 cm³/mol. The third-order valence-corrected chi connectivity index (χ3v) is 0.653. The summed E-state index contributed by atoms with van der Waals surface area (Å²) in [6, 6.07) is 0. The molecule has 0 spiro atoms. The van der Waals surface area contributed by atoms with Crippen molar-refractivity contribution in [3.8, 4) is 0 Å². The molecular weight excluding hydrogens is 148 g/mol. The monoisotopic (exact) mass is 164 g/mol. The third-order valence-electron chi connectivity index (χ3n) is 0.470. The molecule has 1 N–H and O–H groups in total. The second-order valence-electron chi connectivity index (χ2n) is 2.15. The molecule has 3 heteroatoms. The summed E-state index contributed by atoms with van der Waals surface area (Å²) < 4.78 is 0. The van der Waals surface area contributed by atoms with E-state index in [1.807, 2.05) is 0 Å². The van der Waals surface area contributed by atoms with Crippen LogP contribution in [0.2, 0.25) is 0 Å². The van der Waals surface area contributed by atoms with E-state index in [1.54, 1.807) is 6.92 Å². The molecule has 1 atom stereocenters. The van der Waals surface area contributed by atoms with Crippen LogP contribution in [0.5, 0.6) is 0 Å². The largest absolute Gasteiger partial charge is 0.481 e. The molecular formula is C7H16O2S. The lowest BCUT2D eigenvalue weighted by Gasteiger charge is -1.93. The van der Waals surface area contributed by atoms with Crippen molar-refractivity contribution in [1.29, 1.82) is 0 Å². The molecule has 0 heterocycles. The van der Waals surface area contributed by atoms with E-state index in [0.29, 0.717) is 0 Å². The molecule has 0 aromatic rings. The normalized spacial score (nSPS) is 11.2. The molecule has 1 unspecified atom stereocenters. The molecule has 0 aromatic carbocycles. The molecule has 0 aromatic heterocycles. The summed E-state index contributed by atoms with van der Waals surface area (Å²) >= 11 is 3.86. The van der Waals surface area contributed by atoms with E-state index < -0.39 is 5.97 Å². The lowest BCUT2D eigenvalue weighted by Crippen LogP contribution is -2.01. The Morgan fingerprint density at radius 3 is 1.90 bits per heavy atom. The van der Waals surface area contributed by atoms with Crippen LogP contribution in [0.4, 0.5) is 0 Å². The van der Waals surface area contributed by atoms with Gasteiger partial charge in [0.15, 0.2) is 0 Å². The average Bonchev–Trinajstić information content (AvgIpc) is 1.62. The van der Waals surface area contributed by atoms with E-state index in [9.17, 15) is 4.79 Å². The van der Waals surface area contributed by atoms with Gasteiger partial charge in [0.25, 0.3) is 0 Å². The second-order valence-corrected chi connectivity index (χ2v) is 3.04. The number of carboxylic acid groups (broad SMARTS) is 1. The first-order chi connectivity index (χ1) is 4.54. The van der Waals surface area contributed by atoms with Crippen molar-refractivity contribution in [2.45, 2.75) is 38.9 Å². The maximum absolute atomic E-state index is 9.76. The van der Waals surface area contributed by atoms with Gasteiger partial charge in [0, 0.05) is 5.25 Å². The molecule has 0 aliphatic rings. The summed E-state index contributed by atoms with van der Waals surface area (Å²) in [4.78, 5) is 9.76. The fraction of sp³-hybridized carbons (Fsp3) is 0.857. The third kappa shape index (κ3) is 24.9. The van der Waals surface area contributed by atoms with Crippen molar-refractivity contribution in [1.82, 2.24) is 0 Å². The summed E-state index contributed by atoms with van der Waals surface area (Å²) in [6.07, 6.45) is 1.39. The standard InChI is InChI=1S/C4H8O2S.C3H8/c1-3(7)2-4(5)6;1-3-2/h3,7H,2H2,1H3,(H,5,6);3H2,1-2H3. The minimum Gasteiger partial charge on any atom is -0.481 e. The van der Waals surface area contributed by atoms with Gasteiger partial charge in [-0.3, -0.25) is 4.79 Å². The van der Waals surface area contributed by atoms with Crippen LogP contribution < -0.4 is 0 Å². The minimum absolute atomic E-state index is 0.0301. The molecule has 10 heavy (non-hydrogen) atoms. The van der Waals surface area contributed by atoms with Gasteiger partial charge >= 0.3 is 5.97 Å². The van der Waals surface area contributed by atoms with E-state index in [4.69, 9.17) is 5.11 Å². The van der Waals surface area contributed by atoms with Gasteiger partial charge in [-0.2, -0.15) is 12.6 Å². The van der Waals surface area contributed by atoms with Gasteiger partial charge in [0.2, 0.25) is 0 Å². The maximum atomic E-state index is 9.76. The van der Waals surface area contributed by atoms with Crippen molar-refractivity contribution < 1.29 is 9.90 Å². The highest BCUT2D eigenvalue weighted by atomic mass is 32.1. The van der Waals surface area contributed by atoms with Gasteiger partial charge in [-0.15, -0.1) is 0 Å². The van der Waals surface area contributed by atoms with Crippen LogP contribution in [0.15, 0.2) is 0 Å². The zero-order valence-electron chi connectivity index (χ0n) is 6.79. The van der Waals surface area contributed by atoms with Crippen LogP contribution in [-0.2, 0) is 4.79 Å². The van der Waals surface area contributed by atoms with Crippen molar-refractivity contribution in [3.05, 3.63) is 0 Å². The molecule has 0 aliphatic carbocycles. The number of hydrogen-bond donors (Lipinski definition) is 2. The molecule has 0 fully saturated rings. The molecule has 0 aliphatic heterocycles. The number of carboxylic acids is 1. The van der Waals surface area contributed by atoms with Gasteiger partial charge in [0.05, 0.1) is 6.42 Å². The van der Waals surface area contributed by atoms with Crippen molar-refractivity contribution >= 4 is 18.6 Å². The molecule has 0 amide bonds. The highest BCUT2D eigenvalue weighted by molar-refractivity contribution is 7.80. The fourth-order valence-electron chi connectivity index (χ4n) is 0.253. The average molecular weight is 164 g/mol. The molecule has 0 saturated heterocycles. The lowest BCUT2D eigenvalue weighted by molar-refractivity contribution is -0.136. The van der Waals surface area contributed by atoms with Crippen LogP contribution in [0.25, 0.3) is 0 Å². The van der Waals surface area contributed by atoms with Crippen LogP contribution in [0, 0.1) is 0 Å². The molecule has 0 radical (unpaired) electrons. The minimum atomic E-state index is -0.789. The van der Waals surface area contributed by atoms with Gasteiger partial charge in [-0.05, 0) is 0 Å². The summed E-state index contributed by atoms with van der Waals surface area (Å²) in [5, 5.41) is 8.00. The fourth-order valence-corrected chi connectivity index (χ4v) is 0.409. The number of rotatable bonds is 2. The summed E-state index contributed by atoms with van der Waals surface area (Å²) in [6.45, 7) is 6.00. The van der Waals surface area contributed by atoms with Crippen LogP contribution in [-0.4, -0.2) is 16.3 Å². The summed E-state index contributed by atoms with van der Waals surface area (Å²) in [5.74, 6) is -0.789. The predicted octanol–water partition coefficient (Wildman–Crippen LogP) is 2.20. The van der Waals surface area contributed by atoms with Crippen LogP contribution in [0.3, 0.4) is 0 Å². The van der Waals surface area contributed by atoms with E-state index in [0.717, 1.165) is 0 Å². The highest BCUT2D eigenvalue weighted by Crippen LogP contribution is 1.96. The van der Waals surface area contributed by atoms with Crippen LogP contribution in [0.1, 0.15) is 33.6 Å². The Hall–Kier alpha value is -0.180. The molecule has 2 nitrogen and oxygen atoms in total. The number of hydrogen-bond acceptors (Lipinski definition) is 2. The van der Waals surface area contributed by atoms with Crippen molar-refractivity contribution in [3.63, 3.8) is 0 Å². The first-order valence-corrected chi connectivity index (χ1v) is 3.96. The van der Waals surface area contributed by atoms with E-state index in [-0.39, 0.29) is 11.7 Å². The summed E-state index contributed by atoms with van der Waals surface area (Å²) in [7, 11) is 0. The van der Waals surface area contributed by atoms with Gasteiger partial charge in [-0.1, -0.05) is 27.2 Å². The second kappa shape index (κ2) is 8.82. The SMILES string of the molecule is CC(S)CC(=O)O.CCC. The lowest BCUT2D eigenvalue weighted by atomic mass is 10.3. The Bertz CT molecular complexity index is 81.7. The zero-order chi connectivity index (χ0) is 8.57. The highest BCUT2D eigenvalue weighted by Gasteiger charge is 1.99. The molecule has 0 bridgehead atoms. The summed E-state index contributed by atoms with van der Waals surface area (Å²) in [5.41, 5.74) is 0. The van der Waals surface area contributed by atoms with E-state index in [2.05, 4.69) is 26.5 Å². The molecule has 0 saturated carbocycles. The Morgan fingerprint density at radius 1 is 1.60 bits per heavy atom. The Labute approximate surface area is 68.0 Å². The quantitative estimate of drug-likeness (QED) is 0.614. The number of aliphatic carboxylic acids is 1. The zero-order valence-corrected chi connectivity index (χ0v) is 7.69. The van der Waals surface area contributed by atoms with E-state index in [1.165, 1.54) is 6.42 Å². The van der Waals surface area contributed by atoms with Gasteiger partial charge in [-0.25, -0.2) is 0 Å². The number of thiol groups is 1. The Balaban J connectivity index is 0. The van der Waals surface area contributed by atoms with Gasteiger partial charge in [0.1, 0.15) is 0 Å². The van der Waals surface area contributed by atoms with Crippen molar-refractivity contribution in [2.75, 3.05) is 0 Å². The first kappa shape index (κ1) is 12.5. The topological polar surface area (TPSA) is 37.3 Å². The Morgan fingerprint density at radius 2 is 1.90 bits per heavy atom. The smallest absolute Gasteiger partial charge is 0.304 e. The number of carbonyl (C=O) groups is 1. The molecule has 0 rings (SSSR count). The van der Waals surface area contributed by atoms with Crippen LogP contribution >= 0.6 is 12.6 Å².